The van der Waals surface area contributed by atoms with Crippen molar-refractivity contribution in [3.8, 4) is 11.5 Å². The molecule has 7 heteroatoms. The van der Waals surface area contributed by atoms with Crippen molar-refractivity contribution in [2.75, 3.05) is 39.4 Å². The van der Waals surface area contributed by atoms with E-state index in [9.17, 15) is 4.79 Å². The Balaban J connectivity index is 1.17. The van der Waals surface area contributed by atoms with Crippen molar-refractivity contribution in [1.29, 1.82) is 0 Å². The van der Waals surface area contributed by atoms with Gasteiger partial charge in [0, 0.05) is 32.7 Å². The molecule has 5 rings (SSSR count). The third-order valence-corrected chi connectivity index (χ3v) is 6.50. The number of hydrogen-bond acceptors (Lipinski definition) is 5. The van der Waals surface area contributed by atoms with Crippen LogP contribution in [0.4, 0.5) is 0 Å². The number of fused-ring (bicyclic) bond motifs is 1. The Morgan fingerprint density at radius 1 is 0.806 bits per heavy atom. The molecule has 0 saturated carbocycles. The average Bonchev–Trinajstić information content (AvgIpc) is 3.26. The summed E-state index contributed by atoms with van der Waals surface area (Å²) in [4.78, 5) is 21.9. The van der Waals surface area contributed by atoms with Crippen LogP contribution in [-0.2, 0) is 17.9 Å². The Morgan fingerprint density at radius 2 is 1.47 bits per heavy atom. The van der Waals surface area contributed by atoms with Gasteiger partial charge in [-0.3, -0.25) is 9.69 Å². The van der Waals surface area contributed by atoms with Gasteiger partial charge in [-0.2, -0.15) is 0 Å². The maximum Gasteiger partial charge on any atom is 0.260 e. The third-order valence-electron chi connectivity index (χ3n) is 6.50. The van der Waals surface area contributed by atoms with E-state index in [0.717, 1.165) is 48.8 Å². The largest absolute Gasteiger partial charge is 0.494 e. The van der Waals surface area contributed by atoms with Crippen molar-refractivity contribution in [3.63, 3.8) is 0 Å². The number of nitrogens with zero attached hydrogens (tertiary/aromatic N) is 4. The quantitative estimate of drug-likeness (QED) is 0.356. The summed E-state index contributed by atoms with van der Waals surface area (Å²) in [5.41, 5.74) is 3.42. The van der Waals surface area contributed by atoms with E-state index in [1.807, 2.05) is 48.2 Å². The Morgan fingerprint density at radius 3 is 2.19 bits per heavy atom. The molecule has 0 spiro atoms. The van der Waals surface area contributed by atoms with Crippen molar-refractivity contribution in [3.05, 3.63) is 90.3 Å². The van der Waals surface area contributed by atoms with Crippen molar-refractivity contribution in [1.82, 2.24) is 19.4 Å². The number of carbonyl (C=O) groups excluding carboxylic acids is 1. The Kier molecular flexibility index (Phi) is 7.47. The molecule has 2 heterocycles. The van der Waals surface area contributed by atoms with Crippen molar-refractivity contribution in [2.24, 2.45) is 0 Å². The fourth-order valence-corrected chi connectivity index (χ4v) is 4.58. The molecule has 36 heavy (non-hydrogen) atoms. The minimum atomic E-state index is 0.0138. The van der Waals surface area contributed by atoms with Crippen molar-refractivity contribution in [2.45, 2.75) is 20.0 Å². The highest BCUT2D eigenvalue weighted by atomic mass is 16.5. The molecule has 1 fully saturated rings. The molecule has 0 N–H and O–H groups in total. The van der Waals surface area contributed by atoms with Gasteiger partial charge in [-0.1, -0.05) is 42.5 Å². The minimum Gasteiger partial charge on any atom is -0.494 e. The number of amides is 1. The monoisotopic (exact) mass is 484 g/mol. The van der Waals surface area contributed by atoms with E-state index < -0.39 is 0 Å². The van der Waals surface area contributed by atoms with Gasteiger partial charge in [0.1, 0.15) is 17.3 Å². The first kappa shape index (κ1) is 23.9. The van der Waals surface area contributed by atoms with Gasteiger partial charge in [0.05, 0.1) is 24.2 Å². The second-order valence-electron chi connectivity index (χ2n) is 8.94. The zero-order valence-electron chi connectivity index (χ0n) is 20.7. The lowest BCUT2D eigenvalue weighted by Gasteiger charge is -2.34. The van der Waals surface area contributed by atoms with E-state index >= 15 is 0 Å². The van der Waals surface area contributed by atoms with Crippen LogP contribution in [0.1, 0.15) is 18.3 Å². The minimum absolute atomic E-state index is 0.0138. The molecule has 1 saturated heterocycles. The summed E-state index contributed by atoms with van der Waals surface area (Å²) in [5.74, 6) is 2.53. The number of ether oxygens (including phenoxy) is 2. The summed E-state index contributed by atoms with van der Waals surface area (Å²) >= 11 is 0. The van der Waals surface area contributed by atoms with Crippen LogP contribution in [-0.4, -0.2) is 64.7 Å². The van der Waals surface area contributed by atoms with Gasteiger partial charge < -0.3 is 18.9 Å². The molecule has 1 amide bonds. The number of benzene rings is 3. The highest BCUT2D eigenvalue weighted by molar-refractivity contribution is 5.78. The number of rotatable bonds is 9. The van der Waals surface area contributed by atoms with Crippen molar-refractivity contribution < 1.29 is 14.3 Å². The van der Waals surface area contributed by atoms with E-state index in [0.29, 0.717) is 25.4 Å². The van der Waals surface area contributed by atoms with Gasteiger partial charge >= 0.3 is 0 Å². The first-order valence-corrected chi connectivity index (χ1v) is 12.5. The molecule has 0 atom stereocenters. The number of carbonyl (C=O) groups is 1. The predicted molar refractivity (Wildman–Crippen MR) is 140 cm³/mol. The summed E-state index contributed by atoms with van der Waals surface area (Å²) in [7, 11) is 0. The van der Waals surface area contributed by atoms with E-state index in [2.05, 4.69) is 51.9 Å². The molecule has 7 nitrogen and oxygen atoms in total. The van der Waals surface area contributed by atoms with Gasteiger partial charge in [0.25, 0.3) is 5.91 Å². The zero-order valence-corrected chi connectivity index (χ0v) is 20.7. The fraction of sp³-hybridized carbons (Fsp3) is 0.310. The van der Waals surface area contributed by atoms with Crippen LogP contribution in [0, 0.1) is 0 Å². The van der Waals surface area contributed by atoms with Crippen LogP contribution >= 0.6 is 0 Å². The lowest BCUT2D eigenvalue weighted by molar-refractivity contribution is -0.135. The molecule has 0 radical (unpaired) electrons. The normalized spacial score (nSPS) is 14.2. The molecule has 3 aromatic carbocycles. The third kappa shape index (κ3) is 5.69. The summed E-state index contributed by atoms with van der Waals surface area (Å²) in [5, 5.41) is 0. The van der Waals surface area contributed by atoms with Gasteiger partial charge in [-0.25, -0.2) is 4.98 Å². The molecule has 0 aliphatic carbocycles. The standard InChI is InChI=1S/C29H32N4O3/c1-2-35-24-12-14-25(15-13-24)36-22-29(34)32-18-16-31(17-19-32)21-28-30-26-10-6-7-11-27(26)33(28)20-23-8-4-3-5-9-23/h3-15H,2,16-22H2,1H3. The summed E-state index contributed by atoms with van der Waals surface area (Å²) in [6, 6.07) is 26.2. The number of para-hydroxylation sites is 2. The molecule has 0 unspecified atom stereocenters. The SMILES string of the molecule is CCOc1ccc(OCC(=O)N2CCN(Cc3nc4ccccc4n3Cc3ccccc3)CC2)cc1. The predicted octanol–water partition coefficient (Wildman–Crippen LogP) is 4.21. The second-order valence-corrected chi connectivity index (χ2v) is 8.94. The molecular formula is C29H32N4O3. The van der Waals surface area contributed by atoms with Crippen LogP contribution in [0.25, 0.3) is 11.0 Å². The molecule has 186 valence electrons. The fourth-order valence-electron chi connectivity index (χ4n) is 4.58. The van der Waals surface area contributed by atoms with E-state index in [4.69, 9.17) is 14.5 Å². The van der Waals surface area contributed by atoms with E-state index in [1.54, 1.807) is 0 Å². The Hall–Kier alpha value is -3.84. The van der Waals surface area contributed by atoms with E-state index in [-0.39, 0.29) is 12.5 Å². The van der Waals surface area contributed by atoms with Crippen LogP contribution in [0.5, 0.6) is 11.5 Å². The Bertz CT molecular complexity index is 1280. The summed E-state index contributed by atoms with van der Waals surface area (Å²) in [6.45, 7) is 7.15. The van der Waals surface area contributed by atoms with Crippen LogP contribution in [0.15, 0.2) is 78.9 Å². The highest BCUT2D eigenvalue weighted by Crippen LogP contribution is 2.20. The number of imidazole rings is 1. The molecule has 1 aromatic heterocycles. The number of piperazine rings is 1. The molecule has 4 aromatic rings. The lowest BCUT2D eigenvalue weighted by Crippen LogP contribution is -2.49. The number of aromatic nitrogens is 2. The second kappa shape index (κ2) is 11.3. The summed E-state index contributed by atoms with van der Waals surface area (Å²) < 4.78 is 13.5. The number of hydrogen-bond donors (Lipinski definition) is 0. The smallest absolute Gasteiger partial charge is 0.260 e. The Labute approximate surface area is 211 Å². The maximum absolute atomic E-state index is 12.7. The van der Waals surface area contributed by atoms with Gasteiger partial charge in [0.2, 0.25) is 0 Å². The van der Waals surface area contributed by atoms with Crippen molar-refractivity contribution >= 4 is 16.9 Å². The lowest BCUT2D eigenvalue weighted by atomic mass is 10.2. The van der Waals surface area contributed by atoms with Gasteiger partial charge in [0.15, 0.2) is 6.61 Å². The molecule has 0 bridgehead atoms. The highest BCUT2D eigenvalue weighted by Gasteiger charge is 2.23. The first-order chi connectivity index (χ1) is 17.7. The van der Waals surface area contributed by atoms with Crippen LogP contribution in [0.3, 0.4) is 0 Å². The van der Waals surface area contributed by atoms with E-state index in [1.165, 1.54) is 5.56 Å². The molecule has 1 aliphatic heterocycles. The average molecular weight is 485 g/mol. The van der Waals surface area contributed by atoms with Gasteiger partial charge in [-0.05, 0) is 48.9 Å². The maximum atomic E-state index is 12.7. The first-order valence-electron chi connectivity index (χ1n) is 12.5. The van der Waals surface area contributed by atoms with Gasteiger partial charge in [-0.15, -0.1) is 0 Å². The topological polar surface area (TPSA) is 59.8 Å². The molecular weight excluding hydrogens is 452 g/mol. The van der Waals surface area contributed by atoms with Crippen LogP contribution < -0.4 is 9.47 Å². The zero-order chi connectivity index (χ0) is 24.7. The van der Waals surface area contributed by atoms with Crippen LogP contribution in [0.2, 0.25) is 0 Å². The molecule has 1 aliphatic rings. The summed E-state index contributed by atoms with van der Waals surface area (Å²) in [6.07, 6.45) is 0.